The maximum absolute atomic E-state index is 3.67. The Morgan fingerprint density at radius 2 is 1.45 bits per heavy atom. The highest BCUT2D eigenvalue weighted by Gasteiger charge is 2.11. The molecule has 1 aromatic heterocycles. The Bertz CT molecular complexity index is 928. The van der Waals surface area contributed by atoms with Gasteiger partial charge in [0.1, 0.15) is 0 Å². The van der Waals surface area contributed by atoms with Crippen LogP contribution in [-0.2, 0) is 0 Å². The standard InChI is InChI=1S/C19H17N/c1-12(2)14-8-5-9-16-17-11-10-13-6-3-4-7-15(13)19(17)20-18(14)16/h3-12,20H,1-2H3. The first-order valence-corrected chi connectivity index (χ1v) is 7.18. The van der Waals surface area contributed by atoms with Crippen molar-refractivity contribution in [3.05, 3.63) is 60.2 Å². The van der Waals surface area contributed by atoms with Gasteiger partial charge in [0, 0.05) is 21.7 Å². The highest BCUT2D eigenvalue weighted by molar-refractivity contribution is 6.17. The molecular formula is C19H17N. The Hall–Kier alpha value is -2.28. The molecule has 0 aliphatic rings. The molecule has 3 aromatic carbocycles. The van der Waals surface area contributed by atoms with E-state index in [1.165, 1.54) is 38.1 Å². The Balaban J connectivity index is 2.24. The molecule has 4 rings (SSSR count). The van der Waals surface area contributed by atoms with E-state index in [2.05, 4.69) is 73.4 Å². The maximum atomic E-state index is 3.67. The molecule has 0 atom stereocenters. The first-order chi connectivity index (χ1) is 9.75. The van der Waals surface area contributed by atoms with E-state index in [9.17, 15) is 0 Å². The molecule has 0 spiro atoms. The Labute approximate surface area is 118 Å². The van der Waals surface area contributed by atoms with Gasteiger partial charge >= 0.3 is 0 Å². The molecule has 1 heterocycles. The van der Waals surface area contributed by atoms with E-state index in [0.29, 0.717) is 5.92 Å². The third-order valence-corrected chi connectivity index (χ3v) is 4.19. The smallest absolute Gasteiger partial charge is 0.0544 e. The average Bonchev–Trinajstić information content (AvgIpc) is 2.86. The molecule has 0 aliphatic heterocycles. The highest BCUT2D eigenvalue weighted by atomic mass is 14.7. The molecule has 4 aromatic rings. The van der Waals surface area contributed by atoms with Crippen molar-refractivity contribution < 1.29 is 0 Å². The number of para-hydroxylation sites is 1. The van der Waals surface area contributed by atoms with Gasteiger partial charge in [-0.25, -0.2) is 0 Å². The van der Waals surface area contributed by atoms with E-state index >= 15 is 0 Å². The minimum Gasteiger partial charge on any atom is -0.354 e. The zero-order chi connectivity index (χ0) is 13.7. The Morgan fingerprint density at radius 3 is 2.30 bits per heavy atom. The summed E-state index contributed by atoms with van der Waals surface area (Å²) >= 11 is 0. The summed E-state index contributed by atoms with van der Waals surface area (Å²) in [4.78, 5) is 3.67. The molecule has 0 fully saturated rings. The van der Waals surface area contributed by atoms with E-state index in [4.69, 9.17) is 0 Å². The minimum atomic E-state index is 0.526. The predicted molar refractivity (Wildman–Crippen MR) is 87.4 cm³/mol. The average molecular weight is 259 g/mol. The molecule has 0 unspecified atom stereocenters. The molecule has 98 valence electrons. The van der Waals surface area contributed by atoms with Crippen LogP contribution in [0.1, 0.15) is 25.3 Å². The van der Waals surface area contributed by atoms with Crippen molar-refractivity contribution in [2.45, 2.75) is 19.8 Å². The fourth-order valence-corrected chi connectivity index (χ4v) is 3.17. The maximum Gasteiger partial charge on any atom is 0.0544 e. The van der Waals surface area contributed by atoms with Gasteiger partial charge in [0.2, 0.25) is 0 Å². The van der Waals surface area contributed by atoms with Gasteiger partial charge in [-0.15, -0.1) is 0 Å². The van der Waals surface area contributed by atoms with E-state index in [1.54, 1.807) is 0 Å². The van der Waals surface area contributed by atoms with Crippen LogP contribution in [0.15, 0.2) is 54.6 Å². The molecule has 1 N–H and O–H groups in total. The lowest BCUT2D eigenvalue weighted by Gasteiger charge is -2.06. The van der Waals surface area contributed by atoms with Crippen LogP contribution in [0.3, 0.4) is 0 Å². The van der Waals surface area contributed by atoms with E-state index in [1.807, 2.05) is 0 Å². The molecule has 0 saturated carbocycles. The van der Waals surface area contributed by atoms with Gasteiger partial charge in [-0.1, -0.05) is 68.4 Å². The quantitative estimate of drug-likeness (QED) is 0.458. The van der Waals surface area contributed by atoms with Crippen LogP contribution in [0.25, 0.3) is 32.6 Å². The molecule has 20 heavy (non-hydrogen) atoms. The summed E-state index contributed by atoms with van der Waals surface area (Å²) < 4.78 is 0. The summed E-state index contributed by atoms with van der Waals surface area (Å²) in [6.45, 7) is 4.50. The van der Waals surface area contributed by atoms with Gasteiger partial charge in [0.25, 0.3) is 0 Å². The van der Waals surface area contributed by atoms with Gasteiger partial charge in [-0.05, 0) is 16.9 Å². The van der Waals surface area contributed by atoms with Crippen LogP contribution in [0.2, 0.25) is 0 Å². The second-order valence-corrected chi connectivity index (χ2v) is 5.76. The summed E-state index contributed by atoms with van der Waals surface area (Å²) in [7, 11) is 0. The lowest BCUT2D eigenvalue weighted by atomic mass is 9.99. The van der Waals surface area contributed by atoms with Crippen molar-refractivity contribution in [1.82, 2.24) is 4.98 Å². The fraction of sp³-hybridized carbons (Fsp3) is 0.158. The number of nitrogens with one attached hydrogen (secondary N) is 1. The lowest BCUT2D eigenvalue weighted by Crippen LogP contribution is -1.87. The third kappa shape index (κ3) is 1.50. The second kappa shape index (κ2) is 4.11. The van der Waals surface area contributed by atoms with Crippen molar-refractivity contribution in [3.8, 4) is 0 Å². The van der Waals surface area contributed by atoms with Gasteiger partial charge in [0.05, 0.1) is 5.52 Å². The predicted octanol–water partition coefficient (Wildman–Crippen LogP) is 5.60. The number of aromatic nitrogens is 1. The lowest BCUT2D eigenvalue weighted by molar-refractivity contribution is 0.874. The minimum absolute atomic E-state index is 0.526. The van der Waals surface area contributed by atoms with Crippen LogP contribution >= 0.6 is 0 Å². The van der Waals surface area contributed by atoms with Crippen LogP contribution in [-0.4, -0.2) is 4.98 Å². The first kappa shape index (κ1) is 11.5. The molecule has 1 nitrogen and oxygen atoms in total. The van der Waals surface area contributed by atoms with Crippen molar-refractivity contribution in [2.24, 2.45) is 0 Å². The fourth-order valence-electron chi connectivity index (χ4n) is 3.17. The number of H-pyrrole nitrogens is 1. The Morgan fingerprint density at radius 1 is 0.700 bits per heavy atom. The number of rotatable bonds is 1. The number of fused-ring (bicyclic) bond motifs is 5. The first-order valence-electron chi connectivity index (χ1n) is 7.18. The van der Waals surface area contributed by atoms with Gasteiger partial charge in [-0.2, -0.15) is 0 Å². The van der Waals surface area contributed by atoms with Crippen LogP contribution in [0.4, 0.5) is 0 Å². The molecule has 0 saturated heterocycles. The summed E-state index contributed by atoms with van der Waals surface area (Å²) in [6, 6.07) is 19.6. The monoisotopic (exact) mass is 259 g/mol. The zero-order valence-corrected chi connectivity index (χ0v) is 11.8. The van der Waals surface area contributed by atoms with Gasteiger partial charge in [-0.3, -0.25) is 0 Å². The topological polar surface area (TPSA) is 15.8 Å². The normalized spacial score (nSPS) is 11.9. The summed E-state index contributed by atoms with van der Waals surface area (Å²) in [5.41, 5.74) is 3.93. The molecule has 1 heteroatoms. The largest absolute Gasteiger partial charge is 0.354 e. The van der Waals surface area contributed by atoms with Crippen molar-refractivity contribution in [2.75, 3.05) is 0 Å². The van der Waals surface area contributed by atoms with Crippen molar-refractivity contribution in [1.29, 1.82) is 0 Å². The van der Waals surface area contributed by atoms with Crippen LogP contribution in [0, 0.1) is 0 Å². The summed E-state index contributed by atoms with van der Waals surface area (Å²) in [5, 5.41) is 5.24. The van der Waals surface area contributed by atoms with Crippen LogP contribution < -0.4 is 0 Å². The van der Waals surface area contributed by atoms with E-state index in [-0.39, 0.29) is 0 Å². The molecule has 0 amide bonds. The van der Waals surface area contributed by atoms with Gasteiger partial charge < -0.3 is 4.98 Å². The van der Waals surface area contributed by atoms with Crippen LogP contribution in [0.5, 0.6) is 0 Å². The van der Waals surface area contributed by atoms with Gasteiger partial charge in [0.15, 0.2) is 0 Å². The molecule has 0 bridgehead atoms. The number of hydrogen-bond donors (Lipinski definition) is 1. The van der Waals surface area contributed by atoms with E-state index in [0.717, 1.165) is 0 Å². The SMILES string of the molecule is CC(C)c1cccc2c1[nH]c1c3ccccc3ccc21. The molecule has 0 radical (unpaired) electrons. The summed E-state index contributed by atoms with van der Waals surface area (Å²) in [5.74, 6) is 0.526. The van der Waals surface area contributed by atoms with Crippen molar-refractivity contribution >= 4 is 32.6 Å². The number of benzene rings is 3. The third-order valence-electron chi connectivity index (χ3n) is 4.19. The number of aromatic amines is 1. The highest BCUT2D eigenvalue weighted by Crippen LogP contribution is 2.34. The second-order valence-electron chi connectivity index (χ2n) is 5.76. The zero-order valence-electron chi connectivity index (χ0n) is 11.8. The summed E-state index contributed by atoms with van der Waals surface area (Å²) in [6.07, 6.45) is 0. The molecule has 0 aliphatic carbocycles. The number of hydrogen-bond acceptors (Lipinski definition) is 0. The Kier molecular flexibility index (Phi) is 2.37. The molecular weight excluding hydrogens is 242 g/mol. The van der Waals surface area contributed by atoms with E-state index < -0.39 is 0 Å². The van der Waals surface area contributed by atoms with Crippen molar-refractivity contribution in [3.63, 3.8) is 0 Å².